The van der Waals surface area contributed by atoms with E-state index < -0.39 is 0 Å². The number of carbonyl (C=O) groups is 2. The average Bonchev–Trinajstić information content (AvgIpc) is 3.42. The van der Waals surface area contributed by atoms with E-state index in [2.05, 4.69) is 15.5 Å². The summed E-state index contributed by atoms with van der Waals surface area (Å²) in [5, 5.41) is 10.7. The van der Waals surface area contributed by atoms with Crippen LogP contribution in [0.3, 0.4) is 0 Å². The highest BCUT2D eigenvalue weighted by molar-refractivity contribution is 7.08. The summed E-state index contributed by atoms with van der Waals surface area (Å²) in [6, 6.07) is 9.28. The SMILES string of the molecule is O=C(CCc1nc(-c2ccsc2)no1)Nc1ccccc1N1CCCC1=O. The predicted octanol–water partition coefficient (Wildman–Crippen LogP) is 3.50. The van der Waals surface area contributed by atoms with Gasteiger partial charge in [-0.1, -0.05) is 17.3 Å². The van der Waals surface area contributed by atoms with E-state index in [9.17, 15) is 9.59 Å². The van der Waals surface area contributed by atoms with Crippen molar-refractivity contribution in [2.24, 2.45) is 0 Å². The molecule has 3 aromatic rings. The Morgan fingerprint density at radius 2 is 2.19 bits per heavy atom. The quantitative estimate of drug-likeness (QED) is 0.705. The van der Waals surface area contributed by atoms with Crippen molar-refractivity contribution in [3.05, 3.63) is 47.0 Å². The minimum absolute atomic E-state index is 0.0866. The van der Waals surface area contributed by atoms with E-state index >= 15 is 0 Å². The molecule has 4 rings (SSSR count). The van der Waals surface area contributed by atoms with Crippen LogP contribution in [0.4, 0.5) is 11.4 Å². The highest BCUT2D eigenvalue weighted by Crippen LogP contribution is 2.29. The zero-order valence-corrected chi connectivity index (χ0v) is 15.4. The topological polar surface area (TPSA) is 88.3 Å². The van der Waals surface area contributed by atoms with Crippen LogP contribution in [0, 0.1) is 0 Å². The molecule has 1 aliphatic heterocycles. The molecule has 0 spiro atoms. The van der Waals surface area contributed by atoms with Crippen molar-refractivity contribution in [2.45, 2.75) is 25.7 Å². The molecule has 1 fully saturated rings. The molecule has 0 atom stereocenters. The fourth-order valence-electron chi connectivity index (χ4n) is 3.02. The fraction of sp³-hybridized carbons (Fsp3) is 0.263. The smallest absolute Gasteiger partial charge is 0.227 e. The van der Waals surface area contributed by atoms with Crippen LogP contribution in [-0.4, -0.2) is 28.5 Å². The lowest BCUT2D eigenvalue weighted by atomic mass is 10.2. The molecule has 27 heavy (non-hydrogen) atoms. The Morgan fingerprint density at radius 1 is 1.30 bits per heavy atom. The number of benzene rings is 1. The minimum atomic E-state index is -0.163. The molecule has 138 valence electrons. The first-order valence-electron chi connectivity index (χ1n) is 8.75. The van der Waals surface area contributed by atoms with Crippen molar-refractivity contribution in [1.29, 1.82) is 0 Å². The highest BCUT2D eigenvalue weighted by Gasteiger charge is 2.24. The number of anilines is 2. The monoisotopic (exact) mass is 382 g/mol. The fourth-order valence-corrected chi connectivity index (χ4v) is 3.65. The molecule has 0 aliphatic carbocycles. The first-order valence-corrected chi connectivity index (χ1v) is 9.69. The van der Waals surface area contributed by atoms with Gasteiger partial charge in [0.15, 0.2) is 0 Å². The van der Waals surface area contributed by atoms with Gasteiger partial charge in [-0.3, -0.25) is 9.59 Å². The second-order valence-electron chi connectivity index (χ2n) is 6.24. The third kappa shape index (κ3) is 3.90. The maximum absolute atomic E-state index is 12.4. The lowest BCUT2D eigenvalue weighted by molar-refractivity contribution is -0.117. The van der Waals surface area contributed by atoms with E-state index in [1.54, 1.807) is 22.3 Å². The number of carbonyl (C=O) groups excluding carboxylic acids is 2. The van der Waals surface area contributed by atoms with Crippen molar-refractivity contribution < 1.29 is 14.1 Å². The molecule has 8 heteroatoms. The molecule has 0 saturated carbocycles. The van der Waals surface area contributed by atoms with Gasteiger partial charge in [-0.15, -0.1) is 0 Å². The number of nitrogens with zero attached hydrogens (tertiary/aromatic N) is 3. The number of aryl methyl sites for hydroxylation is 1. The number of para-hydroxylation sites is 2. The Labute approximate surface area is 160 Å². The van der Waals surface area contributed by atoms with Crippen LogP contribution in [0.5, 0.6) is 0 Å². The molecule has 0 bridgehead atoms. The normalized spacial score (nSPS) is 13.9. The molecule has 7 nitrogen and oxygen atoms in total. The molecule has 1 saturated heterocycles. The Hall–Kier alpha value is -3.00. The summed E-state index contributed by atoms with van der Waals surface area (Å²) in [5.41, 5.74) is 2.29. The summed E-state index contributed by atoms with van der Waals surface area (Å²) >= 11 is 1.56. The van der Waals surface area contributed by atoms with Gasteiger partial charge in [0, 0.05) is 36.8 Å². The van der Waals surface area contributed by atoms with E-state index in [1.165, 1.54) is 0 Å². The van der Waals surface area contributed by atoms with Gasteiger partial charge in [0.1, 0.15) is 0 Å². The standard InChI is InChI=1S/C19H18N4O3S/c24-16(7-8-17-21-19(22-26-17)13-9-11-27-12-13)20-14-4-1-2-5-15(14)23-10-3-6-18(23)25/h1-2,4-5,9,11-12H,3,6-8,10H2,(H,20,24). The summed E-state index contributed by atoms with van der Waals surface area (Å²) < 4.78 is 5.22. The van der Waals surface area contributed by atoms with Gasteiger partial charge < -0.3 is 14.7 Å². The van der Waals surface area contributed by atoms with Crippen molar-refractivity contribution >= 4 is 34.5 Å². The first-order chi connectivity index (χ1) is 13.2. The zero-order chi connectivity index (χ0) is 18.6. The van der Waals surface area contributed by atoms with Gasteiger partial charge in [-0.05, 0) is 30.0 Å². The summed E-state index contributed by atoms with van der Waals surface area (Å²) in [6.45, 7) is 0.680. The minimum Gasteiger partial charge on any atom is -0.339 e. The molecule has 0 radical (unpaired) electrons. The molecule has 1 aromatic carbocycles. The van der Waals surface area contributed by atoms with Gasteiger partial charge >= 0.3 is 0 Å². The van der Waals surface area contributed by atoms with Gasteiger partial charge in [-0.25, -0.2) is 0 Å². The van der Waals surface area contributed by atoms with Gasteiger partial charge in [-0.2, -0.15) is 16.3 Å². The van der Waals surface area contributed by atoms with Crippen LogP contribution in [0.25, 0.3) is 11.4 Å². The van der Waals surface area contributed by atoms with E-state index in [0.29, 0.717) is 36.8 Å². The van der Waals surface area contributed by atoms with Crippen LogP contribution in [0.1, 0.15) is 25.2 Å². The van der Waals surface area contributed by atoms with E-state index in [0.717, 1.165) is 17.7 Å². The summed E-state index contributed by atoms with van der Waals surface area (Å²) in [4.78, 5) is 30.4. The lowest BCUT2D eigenvalue weighted by Crippen LogP contribution is -2.25. The number of rotatable bonds is 6. The number of aromatic nitrogens is 2. The Bertz CT molecular complexity index is 952. The molecular formula is C19H18N4O3S. The maximum atomic E-state index is 12.4. The van der Waals surface area contributed by atoms with Crippen LogP contribution in [-0.2, 0) is 16.0 Å². The second kappa shape index (κ2) is 7.71. The van der Waals surface area contributed by atoms with Crippen molar-refractivity contribution in [3.63, 3.8) is 0 Å². The second-order valence-corrected chi connectivity index (χ2v) is 7.02. The third-order valence-electron chi connectivity index (χ3n) is 4.36. The maximum Gasteiger partial charge on any atom is 0.227 e. The zero-order valence-electron chi connectivity index (χ0n) is 14.6. The average molecular weight is 382 g/mol. The summed E-state index contributed by atoms with van der Waals surface area (Å²) in [5.74, 6) is 0.881. The van der Waals surface area contributed by atoms with E-state index in [-0.39, 0.29) is 18.2 Å². The molecular weight excluding hydrogens is 364 g/mol. The molecule has 3 heterocycles. The predicted molar refractivity (Wildman–Crippen MR) is 103 cm³/mol. The lowest BCUT2D eigenvalue weighted by Gasteiger charge is -2.19. The van der Waals surface area contributed by atoms with Gasteiger partial charge in [0.05, 0.1) is 11.4 Å². The third-order valence-corrected chi connectivity index (χ3v) is 5.04. The summed E-state index contributed by atoms with van der Waals surface area (Å²) in [6.07, 6.45) is 1.96. The highest BCUT2D eigenvalue weighted by atomic mass is 32.1. The first kappa shape index (κ1) is 17.4. The molecule has 0 unspecified atom stereocenters. The number of hydrogen-bond donors (Lipinski definition) is 1. The molecule has 1 N–H and O–H groups in total. The van der Waals surface area contributed by atoms with Crippen molar-refractivity contribution in [3.8, 4) is 11.4 Å². The van der Waals surface area contributed by atoms with E-state index in [4.69, 9.17) is 4.52 Å². The van der Waals surface area contributed by atoms with Crippen LogP contribution in [0.2, 0.25) is 0 Å². The number of amides is 2. The van der Waals surface area contributed by atoms with Crippen LogP contribution < -0.4 is 10.2 Å². The van der Waals surface area contributed by atoms with Gasteiger partial charge in [0.25, 0.3) is 0 Å². The van der Waals surface area contributed by atoms with E-state index in [1.807, 2.05) is 35.0 Å². The number of nitrogens with one attached hydrogen (secondary N) is 1. The van der Waals surface area contributed by atoms with Crippen molar-refractivity contribution in [1.82, 2.24) is 10.1 Å². The molecule has 1 aliphatic rings. The number of hydrogen-bond acceptors (Lipinski definition) is 6. The van der Waals surface area contributed by atoms with Crippen LogP contribution in [0.15, 0.2) is 45.6 Å². The largest absolute Gasteiger partial charge is 0.339 e. The molecule has 2 aromatic heterocycles. The number of thiophene rings is 1. The Balaban J connectivity index is 1.38. The summed E-state index contributed by atoms with van der Waals surface area (Å²) in [7, 11) is 0. The Kier molecular flexibility index (Phi) is 4.97. The molecule has 2 amide bonds. The van der Waals surface area contributed by atoms with Gasteiger partial charge in [0.2, 0.25) is 23.5 Å². The van der Waals surface area contributed by atoms with Crippen LogP contribution >= 0.6 is 11.3 Å². The van der Waals surface area contributed by atoms with Crippen molar-refractivity contribution in [2.75, 3.05) is 16.8 Å². The Morgan fingerprint density at radius 3 is 2.96 bits per heavy atom.